The van der Waals surface area contributed by atoms with E-state index in [1.807, 2.05) is 4.90 Å². The number of benzene rings is 2. The van der Waals surface area contributed by atoms with Crippen molar-refractivity contribution in [1.29, 1.82) is 0 Å². The predicted octanol–water partition coefficient (Wildman–Crippen LogP) is 2.19. The number of aryl methyl sites for hydroxylation is 2. The van der Waals surface area contributed by atoms with Gasteiger partial charge in [0.25, 0.3) is 15.7 Å². The van der Waals surface area contributed by atoms with Crippen molar-refractivity contribution in [3.63, 3.8) is 0 Å². The van der Waals surface area contributed by atoms with Gasteiger partial charge < -0.3 is 4.90 Å². The van der Waals surface area contributed by atoms with Crippen molar-refractivity contribution in [2.24, 2.45) is 14.1 Å². The van der Waals surface area contributed by atoms with Gasteiger partial charge in [0, 0.05) is 33.3 Å². The number of imidazole rings is 1. The second kappa shape index (κ2) is 7.17. The van der Waals surface area contributed by atoms with Crippen LogP contribution >= 0.6 is 0 Å². The molecule has 0 bridgehead atoms. The quantitative estimate of drug-likeness (QED) is 0.488. The van der Waals surface area contributed by atoms with Crippen LogP contribution in [0.1, 0.15) is 12.8 Å². The molecule has 0 amide bonds. The van der Waals surface area contributed by atoms with Crippen molar-refractivity contribution < 1.29 is 13.3 Å². The van der Waals surface area contributed by atoms with Gasteiger partial charge >= 0.3 is 5.69 Å². The lowest BCUT2D eigenvalue weighted by Gasteiger charge is -2.22. The van der Waals surface area contributed by atoms with Crippen molar-refractivity contribution in [3.8, 4) is 0 Å². The van der Waals surface area contributed by atoms with E-state index in [0.29, 0.717) is 16.7 Å². The van der Waals surface area contributed by atoms with E-state index >= 15 is 0 Å². The summed E-state index contributed by atoms with van der Waals surface area (Å²) in [6.07, 6.45) is 1.95. The molecule has 30 heavy (non-hydrogen) atoms. The minimum absolute atomic E-state index is 0.226. The molecule has 0 unspecified atom stereocenters. The van der Waals surface area contributed by atoms with E-state index in [1.165, 1.54) is 27.3 Å². The maximum atomic E-state index is 13.1. The lowest BCUT2D eigenvalue weighted by Crippen LogP contribution is -2.22. The topological polar surface area (TPSA) is 119 Å². The molecule has 158 valence electrons. The molecule has 1 aliphatic rings. The van der Waals surface area contributed by atoms with Crippen LogP contribution in [0, 0.1) is 10.1 Å². The van der Waals surface area contributed by atoms with Crippen LogP contribution in [-0.4, -0.2) is 35.6 Å². The average Bonchev–Trinajstić information content (AvgIpc) is 3.32. The molecule has 0 aliphatic carbocycles. The number of rotatable bonds is 5. The van der Waals surface area contributed by atoms with E-state index in [2.05, 4.69) is 4.72 Å². The fraction of sp³-hybridized carbons (Fsp3) is 0.316. The van der Waals surface area contributed by atoms with Gasteiger partial charge in [-0.3, -0.25) is 24.0 Å². The molecule has 11 heteroatoms. The van der Waals surface area contributed by atoms with Crippen molar-refractivity contribution >= 4 is 38.1 Å². The Morgan fingerprint density at radius 2 is 1.63 bits per heavy atom. The van der Waals surface area contributed by atoms with E-state index in [9.17, 15) is 23.3 Å². The zero-order valence-corrected chi connectivity index (χ0v) is 17.3. The van der Waals surface area contributed by atoms with Gasteiger partial charge in [0.05, 0.1) is 27.3 Å². The van der Waals surface area contributed by atoms with Gasteiger partial charge in [-0.1, -0.05) is 12.1 Å². The van der Waals surface area contributed by atoms with Crippen molar-refractivity contribution in [2.75, 3.05) is 22.7 Å². The summed E-state index contributed by atoms with van der Waals surface area (Å²) in [6, 6.07) is 8.61. The molecule has 0 saturated carbocycles. The molecule has 10 nitrogen and oxygen atoms in total. The van der Waals surface area contributed by atoms with Crippen LogP contribution < -0.4 is 15.3 Å². The standard InChI is InChI=1S/C19H21N5O5S/c1-21-16-11-13(20-30(28,29)18-8-4-3-7-14(18)24(26)27)15(23-9-5-6-10-23)12-17(16)22(2)19(21)25/h3-4,7-8,11-12,20H,5-6,9-10H2,1-2H3. The third-order valence-electron chi connectivity index (χ3n) is 5.43. The van der Waals surface area contributed by atoms with Crippen LogP contribution in [0.15, 0.2) is 46.1 Å². The second-order valence-electron chi connectivity index (χ2n) is 7.28. The number of anilines is 2. The molecule has 1 N–H and O–H groups in total. The van der Waals surface area contributed by atoms with Crippen molar-refractivity contribution in [3.05, 3.63) is 57.0 Å². The summed E-state index contributed by atoms with van der Waals surface area (Å²) in [5, 5.41) is 11.3. The first-order chi connectivity index (χ1) is 14.2. The smallest absolute Gasteiger partial charge is 0.328 e. The fourth-order valence-electron chi connectivity index (χ4n) is 3.87. The van der Waals surface area contributed by atoms with E-state index < -0.39 is 25.5 Å². The lowest BCUT2D eigenvalue weighted by atomic mass is 10.2. The second-order valence-corrected chi connectivity index (χ2v) is 8.93. The zero-order valence-electron chi connectivity index (χ0n) is 16.5. The number of aromatic nitrogens is 2. The Balaban J connectivity index is 1.89. The molecule has 1 aromatic heterocycles. The summed E-state index contributed by atoms with van der Waals surface area (Å²) in [6.45, 7) is 1.51. The summed E-state index contributed by atoms with van der Waals surface area (Å²) in [4.78, 5) is 24.6. The third kappa shape index (κ3) is 3.20. The van der Waals surface area contributed by atoms with Crippen molar-refractivity contribution in [1.82, 2.24) is 9.13 Å². The highest BCUT2D eigenvalue weighted by atomic mass is 32.2. The molecule has 0 atom stereocenters. The largest absolute Gasteiger partial charge is 0.370 e. The molecule has 1 aliphatic heterocycles. The summed E-state index contributed by atoms with van der Waals surface area (Å²) >= 11 is 0. The Labute approximate surface area is 172 Å². The molecular formula is C19H21N5O5S. The number of nitrogens with one attached hydrogen (secondary N) is 1. The van der Waals surface area contributed by atoms with Gasteiger partial charge in [-0.25, -0.2) is 13.2 Å². The minimum Gasteiger partial charge on any atom is -0.370 e. The number of para-hydroxylation sites is 1. The average molecular weight is 431 g/mol. The molecular weight excluding hydrogens is 410 g/mol. The molecule has 0 spiro atoms. The monoisotopic (exact) mass is 431 g/mol. The Morgan fingerprint density at radius 1 is 1.03 bits per heavy atom. The molecule has 2 heterocycles. The highest BCUT2D eigenvalue weighted by Gasteiger charge is 2.28. The number of hydrogen-bond donors (Lipinski definition) is 1. The number of sulfonamides is 1. The SMILES string of the molecule is Cn1c(=O)n(C)c2cc(N3CCCC3)c(NS(=O)(=O)c3ccccc3[N+](=O)[O-])cc21. The highest BCUT2D eigenvalue weighted by molar-refractivity contribution is 7.92. The first kappa shape index (κ1) is 20.0. The predicted molar refractivity (Wildman–Crippen MR) is 114 cm³/mol. The van der Waals surface area contributed by atoms with Crippen LogP contribution in [-0.2, 0) is 24.1 Å². The Hall–Kier alpha value is -3.34. The molecule has 2 aromatic carbocycles. The number of fused-ring (bicyclic) bond motifs is 1. The van der Waals surface area contributed by atoms with Gasteiger partial charge in [-0.15, -0.1) is 0 Å². The van der Waals surface area contributed by atoms with Crippen LogP contribution in [0.3, 0.4) is 0 Å². The Morgan fingerprint density at radius 3 is 2.27 bits per heavy atom. The molecule has 4 rings (SSSR count). The fourth-order valence-corrected chi connectivity index (χ4v) is 5.11. The molecule has 0 radical (unpaired) electrons. The maximum absolute atomic E-state index is 13.1. The molecule has 1 fully saturated rings. The first-order valence-electron chi connectivity index (χ1n) is 9.41. The van der Waals surface area contributed by atoms with Gasteiger partial charge in [0.2, 0.25) is 0 Å². The Kier molecular flexibility index (Phi) is 4.77. The number of nitro groups is 1. The van der Waals surface area contributed by atoms with Gasteiger partial charge in [-0.05, 0) is 31.0 Å². The summed E-state index contributed by atoms with van der Waals surface area (Å²) in [7, 11) is -0.964. The third-order valence-corrected chi connectivity index (χ3v) is 6.84. The number of nitrogens with zero attached hydrogens (tertiary/aromatic N) is 4. The number of nitro benzene ring substituents is 1. The Bertz CT molecular complexity index is 1320. The van der Waals surface area contributed by atoms with Gasteiger partial charge in [-0.2, -0.15) is 0 Å². The van der Waals surface area contributed by atoms with Gasteiger partial charge in [0.1, 0.15) is 0 Å². The van der Waals surface area contributed by atoms with Crippen LogP contribution in [0.25, 0.3) is 11.0 Å². The first-order valence-corrected chi connectivity index (χ1v) is 10.9. The zero-order chi connectivity index (χ0) is 21.6. The molecule has 1 saturated heterocycles. The van der Waals surface area contributed by atoms with Crippen molar-refractivity contribution in [2.45, 2.75) is 17.7 Å². The van der Waals surface area contributed by atoms with E-state index in [1.54, 1.807) is 26.2 Å². The summed E-state index contributed by atoms with van der Waals surface area (Å²) in [5.41, 5.74) is 1.44. The maximum Gasteiger partial charge on any atom is 0.328 e. The van der Waals surface area contributed by atoms with Crippen LogP contribution in [0.2, 0.25) is 0 Å². The highest BCUT2D eigenvalue weighted by Crippen LogP contribution is 2.35. The summed E-state index contributed by atoms with van der Waals surface area (Å²) < 4.78 is 31.6. The minimum atomic E-state index is -4.24. The lowest BCUT2D eigenvalue weighted by molar-refractivity contribution is -0.387. The van der Waals surface area contributed by atoms with E-state index in [4.69, 9.17) is 0 Å². The number of hydrogen-bond acceptors (Lipinski definition) is 6. The van der Waals surface area contributed by atoms with Gasteiger partial charge in [0.15, 0.2) is 4.90 Å². The normalized spacial score (nSPS) is 14.4. The van der Waals surface area contributed by atoms with E-state index in [0.717, 1.165) is 32.0 Å². The van der Waals surface area contributed by atoms with Crippen LogP contribution in [0.4, 0.5) is 17.1 Å². The summed E-state index contributed by atoms with van der Waals surface area (Å²) in [5.74, 6) is 0. The van der Waals surface area contributed by atoms with E-state index in [-0.39, 0.29) is 11.4 Å². The molecule has 3 aromatic rings. The van der Waals surface area contributed by atoms with Crippen LogP contribution in [0.5, 0.6) is 0 Å².